The summed E-state index contributed by atoms with van der Waals surface area (Å²) in [5.74, 6) is -0.0907. The normalized spacial score (nSPS) is 26.7. The number of rotatable bonds is 3. The fraction of sp³-hybridized carbons (Fsp3) is 0.818. The maximum atomic E-state index is 11.8. The maximum Gasteiger partial charge on any atom is 0.279 e. The number of hydrogen-bond acceptors (Lipinski definition) is 3. The van der Waals surface area contributed by atoms with Crippen LogP contribution < -0.4 is 21.0 Å². The number of quaternary nitrogens is 2. The van der Waals surface area contributed by atoms with Crippen LogP contribution in [0.25, 0.3) is 0 Å². The van der Waals surface area contributed by atoms with Crippen LogP contribution >= 0.6 is 0 Å². The quantitative estimate of drug-likeness (QED) is 0.410. The van der Waals surface area contributed by atoms with Crippen molar-refractivity contribution in [1.29, 1.82) is 0 Å². The molecule has 0 aromatic rings. The van der Waals surface area contributed by atoms with Crippen molar-refractivity contribution in [1.82, 2.24) is 15.8 Å². The van der Waals surface area contributed by atoms with E-state index in [9.17, 15) is 9.59 Å². The third-order valence-electron chi connectivity index (χ3n) is 3.54. The second-order valence-electron chi connectivity index (χ2n) is 5.11. The summed E-state index contributed by atoms with van der Waals surface area (Å²) in [5.41, 5.74) is 2.89. The zero-order valence-corrected chi connectivity index (χ0v) is 10.9. The van der Waals surface area contributed by atoms with Crippen LogP contribution in [0.5, 0.6) is 0 Å². The molecule has 0 spiro atoms. The smallest absolute Gasteiger partial charge is 0.279 e. The molecule has 2 heterocycles. The second-order valence-corrected chi connectivity index (χ2v) is 5.11. The van der Waals surface area contributed by atoms with Crippen molar-refractivity contribution < 1.29 is 19.8 Å². The van der Waals surface area contributed by atoms with E-state index in [0.29, 0.717) is 6.54 Å². The first-order chi connectivity index (χ1) is 8.65. The van der Waals surface area contributed by atoms with Crippen LogP contribution in [0.15, 0.2) is 0 Å². The molecule has 18 heavy (non-hydrogen) atoms. The van der Waals surface area contributed by atoms with Crippen LogP contribution in [0.4, 0.5) is 0 Å². The fourth-order valence-electron chi connectivity index (χ4n) is 2.32. The highest BCUT2D eigenvalue weighted by atomic mass is 16.2. The van der Waals surface area contributed by atoms with Crippen LogP contribution in [-0.2, 0) is 9.59 Å². The van der Waals surface area contributed by atoms with Gasteiger partial charge in [0.2, 0.25) is 5.91 Å². The summed E-state index contributed by atoms with van der Waals surface area (Å²) in [5, 5.41) is 6.67. The van der Waals surface area contributed by atoms with Gasteiger partial charge in [-0.2, -0.15) is 0 Å². The van der Waals surface area contributed by atoms with Crippen LogP contribution in [0.2, 0.25) is 0 Å². The summed E-state index contributed by atoms with van der Waals surface area (Å²) in [6, 6.07) is -0.267. The first-order valence-corrected chi connectivity index (χ1v) is 6.62. The topological polar surface area (TPSA) is 82.5 Å². The van der Waals surface area contributed by atoms with Crippen molar-refractivity contribution in [3.63, 3.8) is 0 Å². The van der Waals surface area contributed by atoms with Crippen LogP contribution in [0.1, 0.15) is 6.42 Å². The molecule has 2 saturated heterocycles. The van der Waals surface area contributed by atoms with Gasteiger partial charge in [0.25, 0.3) is 5.91 Å². The molecular weight excluding hydrogens is 234 g/mol. The van der Waals surface area contributed by atoms with Gasteiger partial charge in [0.1, 0.15) is 0 Å². The van der Waals surface area contributed by atoms with Crippen LogP contribution in [-0.4, -0.2) is 69.2 Å². The third-order valence-corrected chi connectivity index (χ3v) is 3.54. The van der Waals surface area contributed by atoms with Crippen molar-refractivity contribution in [3.05, 3.63) is 0 Å². The Hall–Kier alpha value is -1.18. The lowest BCUT2D eigenvalue weighted by atomic mass is 10.1. The molecule has 7 nitrogen and oxygen atoms in total. The number of likely N-dealkylation sites (N-methyl/N-ethyl adjacent to an activating group) is 1. The Balaban J connectivity index is 1.73. The van der Waals surface area contributed by atoms with E-state index in [1.54, 1.807) is 0 Å². The molecule has 0 radical (unpaired) electrons. The number of hydrogen-bond donors (Lipinski definition) is 4. The largest absolute Gasteiger partial charge is 0.345 e. The number of nitrogens with one attached hydrogen (secondary N) is 3. The summed E-state index contributed by atoms with van der Waals surface area (Å²) in [7, 11) is 2.15. The molecule has 2 amide bonds. The molecule has 2 rings (SSSR count). The molecule has 1 atom stereocenters. The predicted octanol–water partition coefficient (Wildman–Crippen LogP) is -4.70. The second kappa shape index (κ2) is 6.12. The van der Waals surface area contributed by atoms with Crippen molar-refractivity contribution in [2.24, 2.45) is 0 Å². The number of nitrogens with zero attached hydrogens (tertiary/aromatic N) is 1. The molecule has 2 aliphatic heterocycles. The minimum absolute atomic E-state index is 0.0285. The summed E-state index contributed by atoms with van der Waals surface area (Å²) >= 11 is 0. The molecule has 2 fully saturated rings. The van der Waals surface area contributed by atoms with Crippen molar-refractivity contribution >= 4 is 11.8 Å². The van der Waals surface area contributed by atoms with E-state index in [4.69, 9.17) is 0 Å². The van der Waals surface area contributed by atoms with Gasteiger partial charge in [0.05, 0.1) is 52.7 Å². The number of piperazine rings is 2. The first-order valence-electron chi connectivity index (χ1n) is 6.62. The predicted molar refractivity (Wildman–Crippen MR) is 64.5 cm³/mol. The minimum atomic E-state index is -0.267. The van der Waals surface area contributed by atoms with E-state index in [0.717, 1.165) is 32.7 Å². The van der Waals surface area contributed by atoms with Crippen molar-refractivity contribution in [2.45, 2.75) is 12.5 Å². The Bertz CT molecular complexity index is 315. The van der Waals surface area contributed by atoms with Gasteiger partial charge in [-0.3, -0.25) is 15.0 Å². The first kappa shape index (κ1) is 13.3. The molecule has 0 aromatic carbocycles. The van der Waals surface area contributed by atoms with Gasteiger partial charge in [0, 0.05) is 0 Å². The van der Waals surface area contributed by atoms with E-state index >= 15 is 0 Å². The zero-order valence-electron chi connectivity index (χ0n) is 10.9. The number of carbonyl (C=O) groups is 2. The van der Waals surface area contributed by atoms with Gasteiger partial charge in [0.15, 0.2) is 6.04 Å². The fourth-order valence-corrected chi connectivity index (χ4v) is 2.32. The SMILES string of the molecule is C[NH+]1CCN(NC(=O)C[C@@H]2[NH2+]CCNC2=O)CC1. The summed E-state index contributed by atoms with van der Waals surface area (Å²) in [6.07, 6.45) is 0.255. The minimum Gasteiger partial charge on any atom is -0.345 e. The van der Waals surface area contributed by atoms with Gasteiger partial charge in [-0.25, -0.2) is 5.01 Å². The lowest BCUT2D eigenvalue weighted by molar-refractivity contribution is -0.884. The summed E-state index contributed by atoms with van der Waals surface area (Å²) < 4.78 is 0. The highest BCUT2D eigenvalue weighted by molar-refractivity contribution is 5.87. The van der Waals surface area contributed by atoms with Crippen molar-refractivity contribution in [2.75, 3.05) is 46.3 Å². The lowest BCUT2D eigenvalue weighted by Crippen LogP contribution is -3.12. The van der Waals surface area contributed by atoms with Gasteiger partial charge in [-0.05, 0) is 0 Å². The van der Waals surface area contributed by atoms with Crippen molar-refractivity contribution in [3.8, 4) is 0 Å². The molecular formula is C11H23N5O2+2. The number of nitrogens with two attached hydrogens (primary N) is 1. The molecule has 102 valence electrons. The standard InChI is InChI=1S/C11H21N5O2/c1-15-4-6-16(7-5-15)14-10(17)8-9-11(18)13-3-2-12-9/h9,12H,2-8H2,1H3,(H,13,18)(H,14,17)/p+2/t9-/m0/s1. The molecule has 7 heteroatoms. The van der Waals surface area contributed by atoms with E-state index in [2.05, 4.69) is 17.8 Å². The monoisotopic (exact) mass is 257 g/mol. The van der Waals surface area contributed by atoms with Gasteiger partial charge < -0.3 is 15.5 Å². The third kappa shape index (κ3) is 3.66. The number of amides is 2. The molecule has 0 saturated carbocycles. The average molecular weight is 257 g/mol. The Morgan fingerprint density at radius 1 is 1.56 bits per heavy atom. The number of hydrazine groups is 1. The van der Waals surface area contributed by atoms with E-state index in [1.165, 1.54) is 4.90 Å². The summed E-state index contributed by atoms with van der Waals surface area (Å²) in [4.78, 5) is 24.9. The van der Waals surface area contributed by atoms with E-state index < -0.39 is 0 Å². The Kier molecular flexibility index (Phi) is 4.51. The molecule has 0 aromatic heterocycles. The van der Waals surface area contributed by atoms with E-state index in [-0.39, 0.29) is 24.3 Å². The highest BCUT2D eigenvalue weighted by Gasteiger charge is 2.28. The summed E-state index contributed by atoms with van der Waals surface area (Å²) in [6.45, 7) is 5.36. The Morgan fingerprint density at radius 2 is 2.28 bits per heavy atom. The Labute approximate surface area is 107 Å². The average Bonchev–Trinajstić information content (AvgIpc) is 2.35. The van der Waals surface area contributed by atoms with Gasteiger partial charge in [-0.15, -0.1) is 0 Å². The molecule has 2 aliphatic rings. The zero-order chi connectivity index (χ0) is 13.0. The molecule has 0 bridgehead atoms. The van der Waals surface area contributed by atoms with Crippen LogP contribution in [0, 0.1) is 0 Å². The lowest BCUT2D eigenvalue weighted by Gasteiger charge is -2.30. The van der Waals surface area contributed by atoms with Gasteiger partial charge >= 0.3 is 0 Å². The molecule has 0 aliphatic carbocycles. The maximum absolute atomic E-state index is 11.8. The van der Waals surface area contributed by atoms with Crippen LogP contribution in [0.3, 0.4) is 0 Å². The molecule has 5 N–H and O–H groups in total. The Morgan fingerprint density at radius 3 is 2.94 bits per heavy atom. The highest BCUT2D eigenvalue weighted by Crippen LogP contribution is 1.92. The molecule has 0 unspecified atom stereocenters. The van der Waals surface area contributed by atoms with E-state index in [1.807, 2.05) is 10.3 Å². The van der Waals surface area contributed by atoms with Gasteiger partial charge in [-0.1, -0.05) is 0 Å². The number of carbonyl (C=O) groups excluding carboxylic acids is 2.